The summed E-state index contributed by atoms with van der Waals surface area (Å²) >= 11 is 0. The number of aromatic carboxylic acids is 1. The molecule has 0 aromatic heterocycles. The van der Waals surface area contributed by atoms with E-state index >= 15 is 0 Å². The highest BCUT2D eigenvalue weighted by Gasteiger charge is 2.22. The van der Waals surface area contributed by atoms with Crippen LogP contribution in [0.3, 0.4) is 0 Å². The lowest BCUT2D eigenvalue weighted by Gasteiger charge is -2.28. The maximum atomic E-state index is 13.3. The molecule has 0 heterocycles. The number of carbonyl (C=O) groups is 1. The van der Waals surface area contributed by atoms with Crippen LogP contribution in [0.15, 0.2) is 18.2 Å². The number of hydrogen-bond donors (Lipinski definition) is 1. The molecular formula is C15H19FO3. The number of halogens is 1. The maximum Gasteiger partial charge on any atom is 0.338 e. The molecule has 1 fully saturated rings. The van der Waals surface area contributed by atoms with Crippen LogP contribution in [0.2, 0.25) is 0 Å². The number of ether oxygens (including phenoxy) is 1. The first kappa shape index (κ1) is 14.0. The zero-order chi connectivity index (χ0) is 13.8. The van der Waals surface area contributed by atoms with Gasteiger partial charge in [-0.3, -0.25) is 0 Å². The highest BCUT2D eigenvalue weighted by Crippen LogP contribution is 2.27. The molecule has 0 saturated heterocycles. The fourth-order valence-electron chi connectivity index (χ4n) is 2.56. The van der Waals surface area contributed by atoms with Crippen molar-refractivity contribution in [2.45, 2.75) is 45.3 Å². The lowest BCUT2D eigenvalue weighted by atomic mass is 9.88. The zero-order valence-electron chi connectivity index (χ0n) is 11.1. The third kappa shape index (κ3) is 3.53. The van der Waals surface area contributed by atoms with Gasteiger partial charge in [0.05, 0.1) is 18.3 Å². The van der Waals surface area contributed by atoms with Crippen LogP contribution in [0.25, 0.3) is 0 Å². The normalized spacial score (nSPS) is 23.3. The number of rotatable bonds is 4. The van der Waals surface area contributed by atoms with Crippen LogP contribution in [-0.2, 0) is 11.3 Å². The van der Waals surface area contributed by atoms with Crippen LogP contribution < -0.4 is 0 Å². The summed E-state index contributed by atoms with van der Waals surface area (Å²) in [5, 5.41) is 8.87. The fourth-order valence-corrected chi connectivity index (χ4v) is 2.56. The van der Waals surface area contributed by atoms with Gasteiger partial charge in [-0.25, -0.2) is 9.18 Å². The Morgan fingerprint density at radius 3 is 2.84 bits per heavy atom. The molecule has 104 valence electrons. The topological polar surface area (TPSA) is 46.5 Å². The maximum absolute atomic E-state index is 13.3. The molecule has 0 aliphatic heterocycles. The van der Waals surface area contributed by atoms with Crippen molar-refractivity contribution in [3.63, 3.8) is 0 Å². The molecule has 2 atom stereocenters. The Balaban J connectivity index is 1.99. The Morgan fingerprint density at radius 2 is 2.16 bits per heavy atom. The van der Waals surface area contributed by atoms with Gasteiger partial charge in [0, 0.05) is 0 Å². The average molecular weight is 266 g/mol. The van der Waals surface area contributed by atoms with Crippen molar-refractivity contribution in [1.29, 1.82) is 0 Å². The van der Waals surface area contributed by atoms with Gasteiger partial charge in [-0.1, -0.05) is 25.8 Å². The average Bonchev–Trinajstić information content (AvgIpc) is 2.39. The number of carboxylic acids is 1. The number of benzene rings is 1. The van der Waals surface area contributed by atoms with Crippen molar-refractivity contribution in [1.82, 2.24) is 0 Å². The lowest BCUT2D eigenvalue weighted by molar-refractivity contribution is -0.0155. The summed E-state index contributed by atoms with van der Waals surface area (Å²) in [6.45, 7) is 2.52. The van der Waals surface area contributed by atoms with Crippen molar-refractivity contribution < 1.29 is 19.0 Å². The molecule has 2 unspecified atom stereocenters. The Bertz CT molecular complexity index is 459. The van der Waals surface area contributed by atoms with Gasteiger partial charge >= 0.3 is 5.97 Å². The predicted octanol–water partition coefficient (Wildman–Crippen LogP) is 3.62. The Hall–Kier alpha value is -1.42. The van der Waals surface area contributed by atoms with E-state index in [1.165, 1.54) is 31.4 Å². The largest absolute Gasteiger partial charge is 0.478 e. The molecule has 3 nitrogen and oxygen atoms in total. The minimum absolute atomic E-state index is 0.229. The number of carboxylic acid groups (broad SMARTS) is 1. The van der Waals surface area contributed by atoms with Crippen molar-refractivity contribution in [3.8, 4) is 0 Å². The van der Waals surface area contributed by atoms with E-state index in [9.17, 15) is 9.18 Å². The second-order valence-corrected chi connectivity index (χ2v) is 5.23. The Kier molecular flexibility index (Phi) is 4.53. The van der Waals surface area contributed by atoms with Crippen LogP contribution in [0.1, 0.15) is 48.5 Å². The molecule has 4 heteroatoms. The van der Waals surface area contributed by atoms with E-state index < -0.39 is 11.8 Å². The molecule has 0 spiro atoms. The third-order valence-electron chi connectivity index (χ3n) is 3.76. The van der Waals surface area contributed by atoms with E-state index in [0.717, 1.165) is 6.42 Å². The van der Waals surface area contributed by atoms with Gasteiger partial charge in [0.15, 0.2) is 0 Å². The predicted molar refractivity (Wildman–Crippen MR) is 69.6 cm³/mol. The Morgan fingerprint density at radius 1 is 1.42 bits per heavy atom. The summed E-state index contributed by atoms with van der Waals surface area (Å²) in [4.78, 5) is 10.9. The highest BCUT2D eigenvalue weighted by molar-refractivity contribution is 5.88. The summed E-state index contributed by atoms with van der Waals surface area (Å²) < 4.78 is 19.1. The molecular weight excluding hydrogens is 247 g/mol. The van der Waals surface area contributed by atoms with E-state index in [0.29, 0.717) is 18.1 Å². The van der Waals surface area contributed by atoms with Gasteiger partial charge in [0.1, 0.15) is 5.82 Å². The molecule has 1 aliphatic rings. The van der Waals surface area contributed by atoms with E-state index in [1.807, 2.05) is 0 Å². The fraction of sp³-hybridized carbons (Fsp3) is 0.533. The molecule has 0 bridgehead atoms. The lowest BCUT2D eigenvalue weighted by Crippen LogP contribution is -2.25. The summed E-state index contributed by atoms with van der Waals surface area (Å²) in [5.74, 6) is -1.42. The van der Waals surface area contributed by atoms with Crippen molar-refractivity contribution in [3.05, 3.63) is 35.1 Å². The Labute approximate surface area is 112 Å². The quantitative estimate of drug-likeness (QED) is 0.905. The van der Waals surface area contributed by atoms with E-state index in [2.05, 4.69) is 6.92 Å². The summed E-state index contributed by atoms with van der Waals surface area (Å²) in [6.07, 6.45) is 4.88. The van der Waals surface area contributed by atoms with Crippen LogP contribution in [0.4, 0.5) is 4.39 Å². The molecule has 1 saturated carbocycles. The first-order chi connectivity index (χ1) is 9.08. The van der Waals surface area contributed by atoms with Crippen LogP contribution in [0, 0.1) is 11.7 Å². The minimum Gasteiger partial charge on any atom is -0.478 e. The van der Waals surface area contributed by atoms with E-state index in [4.69, 9.17) is 9.84 Å². The second-order valence-electron chi connectivity index (χ2n) is 5.23. The molecule has 0 radical (unpaired) electrons. The SMILES string of the molecule is CC1CCCCC1OCc1ccc(F)c(C(=O)O)c1. The molecule has 1 N–H and O–H groups in total. The summed E-state index contributed by atoms with van der Waals surface area (Å²) in [6, 6.07) is 4.12. The van der Waals surface area contributed by atoms with Gasteiger partial charge in [-0.2, -0.15) is 0 Å². The monoisotopic (exact) mass is 266 g/mol. The van der Waals surface area contributed by atoms with E-state index in [-0.39, 0.29) is 11.7 Å². The molecule has 1 aliphatic carbocycles. The van der Waals surface area contributed by atoms with Crippen LogP contribution in [0.5, 0.6) is 0 Å². The molecule has 2 rings (SSSR count). The van der Waals surface area contributed by atoms with Crippen molar-refractivity contribution >= 4 is 5.97 Å². The number of hydrogen-bond acceptors (Lipinski definition) is 2. The van der Waals surface area contributed by atoms with Crippen LogP contribution >= 0.6 is 0 Å². The van der Waals surface area contributed by atoms with Gasteiger partial charge < -0.3 is 9.84 Å². The van der Waals surface area contributed by atoms with Crippen molar-refractivity contribution in [2.24, 2.45) is 5.92 Å². The molecule has 1 aromatic carbocycles. The van der Waals surface area contributed by atoms with Crippen molar-refractivity contribution in [2.75, 3.05) is 0 Å². The summed E-state index contributed by atoms with van der Waals surface area (Å²) in [5.41, 5.74) is 0.411. The van der Waals surface area contributed by atoms with Gasteiger partial charge in [-0.15, -0.1) is 0 Å². The molecule has 0 amide bonds. The highest BCUT2D eigenvalue weighted by atomic mass is 19.1. The van der Waals surface area contributed by atoms with Gasteiger partial charge in [-0.05, 0) is 36.5 Å². The molecule has 1 aromatic rings. The first-order valence-corrected chi connectivity index (χ1v) is 6.71. The summed E-state index contributed by atoms with van der Waals surface area (Å²) in [7, 11) is 0. The minimum atomic E-state index is -1.25. The van der Waals surface area contributed by atoms with Gasteiger partial charge in [0.25, 0.3) is 0 Å². The smallest absolute Gasteiger partial charge is 0.338 e. The standard InChI is InChI=1S/C15H19FO3/c1-10-4-2-3-5-14(10)19-9-11-6-7-13(16)12(8-11)15(17)18/h6-8,10,14H,2-5,9H2,1H3,(H,17,18). The zero-order valence-corrected chi connectivity index (χ0v) is 11.1. The second kappa shape index (κ2) is 6.15. The van der Waals surface area contributed by atoms with Gasteiger partial charge in [0.2, 0.25) is 0 Å². The van der Waals surface area contributed by atoms with E-state index in [1.54, 1.807) is 6.07 Å². The third-order valence-corrected chi connectivity index (χ3v) is 3.76. The van der Waals surface area contributed by atoms with Crippen LogP contribution in [-0.4, -0.2) is 17.2 Å². The molecule has 19 heavy (non-hydrogen) atoms. The first-order valence-electron chi connectivity index (χ1n) is 6.71.